The lowest BCUT2D eigenvalue weighted by atomic mass is 9.96. The van der Waals surface area contributed by atoms with Gasteiger partial charge in [-0.05, 0) is 37.5 Å². The first-order chi connectivity index (χ1) is 9.52. The van der Waals surface area contributed by atoms with Crippen LogP contribution in [0.1, 0.15) is 36.7 Å². The molecule has 0 amide bonds. The molecule has 0 aliphatic heterocycles. The molecule has 0 saturated carbocycles. The molecule has 0 N–H and O–H groups in total. The Kier molecular flexibility index (Phi) is 4.14. The van der Waals surface area contributed by atoms with Gasteiger partial charge in [0.2, 0.25) is 0 Å². The molecule has 102 valence electrons. The predicted molar refractivity (Wildman–Crippen MR) is 80.1 cm³/mol. The van der Waals surface area contributed by atoms with Gasteiger partial charge < -0.3 is 0 Å². The zero-order valence-electron chi connectivity index (χ0n) is 12.4. The minimum Gasteiger partial charge on any atom is -0.240 e. The Morgan fingerprint density at radius 1 is 1.15 bits per heavy atom. The van der Waals surface area contributed by atoms with E-state index in [0.717, 1.165) is 11.3 Å². The third kappa shape index (κ3) is 2.85. The molecular formula is C17H19N3. The van der Waals surface area contributed by atoms with Crippen LogP contribution in [0.25, 0.3) is 11.3 Å². The van der Waals surface area contributed by atoms with Crippen LogP contribution >= 0.6 is 0 Å². The maximum atomic E-state index is 9.28. The second kappa shape index (κ2) is 5.83. The average molecular weight is 265 g/mol. The first-order valence-corrected chi connectivity index (χ1v) is 6.83. The highest BCUT2D eigenvalue weighted by atomic mass is 14.9. The molecule has 0 fully saturated rings. The van der Waals surface area contributed by atoms with E-state index in [-0.39, 0.29) is 11.8 Å². The molecule has 1 unspecified atom stereocenters. The van der Waals surface area contributed by atoms with Gasteiger partial charge in [0.05, 0.1) is 11.8 Å². The maximum Gasteiger partial charge on any atom is 0.146 e. The number of hydrogen-bond donors (Lipinski definition) is 0. The first kappa shape index (κ1) is 14.2. The van der Waals surface area contributed by atoms with E-state index in [9.17, 15) is 5.26 Å². The molecule has 0 aliphatic rings. The van der Waals surface area contributed by atoms with Crippen LogP contribution in [0.5, 0.6) is 0 Å². The van der Waals surface area contributed by atoms with Gasteiger partial charge in [-0.1, -0.05) is 31.5 Å². The van der Waals surface area contributed by atoms with Crippen LogP contribution < -0.4 is 0 Å². The van der Waals surface area contributed by atoms with Gasteiger partial charge in [0.15, 0.2) is 0 Å². The third-order valence-electron chi connectivity index (χ3n) is 3.43. The SMILES string of the molecule is Cc1ccc(C)c(-c2ccnc(C(C#N)C(C)C)n2)c1. The zero-order valence-corrected chi connectivity index (χ0v) is 12.4. The Morgan fingerprint density at radius 2 is 1.90 bits per heavy atom. The lowest BCUT2D eigenvalue weighted by molar-refractivity contribution is 0.561. The van der Waals surface area contributed by atoms with E-state index >= 15 is 0 Å². The molecule has 0 saturated heterocycles. The van der Waals surface area contributed by atoms with Gasteiger partial charge in [-0.3, -0.25) is 0 Å². The van der Waals surface area contributed by atoms with Crippen molar-refractivity contribution in [1.29, 1.82) is 5.26 Å². The smallest absolute Gasteiger partial charge is 0.146 e. The summed E-state index contributed by atoms with van der Waals surface area (Å²) >= 11 is 0. The fraction of sp³-hybridized carbons (Fsp3) is 0.353. The van der Waals surface area contributed by atoms with Crippen molar-refractivity contribution in [3.8, 4) is 17.3 Å². The molecule has 0 aliphatic carbocycles. The van der Waals surface area contributed by atoms with Gasteiger partial charge >= 0.3 is 0 Å². The summed E-state index contributed by atoms with van der Waals surface area (Å²) in [6.45, 7) is 8.17. The van der Waals surface area contributed by atoms with Gasteiger partial charge in [0.25, 0.3) is 0 Å². The molecule has 3 heteroatoms. The maximum absolute atomic E-state index is 9.28. The van der Waals surface area contributed by atoms with E-state index in [2.05, 4.69) is 48.1 Å². The molecule has 1 atom stereocenters. The minimum atomic E-state index is -0.264. The number of aromatic nitrogens is 2. The molecule has 0 bridgehead atoms. The minimum absolute atomic E-state index is 0.203. The van der Waals surface area contributed by atoms with E-state index < -0.39 is 0 Å². The second-order valence-corrected chi connectivity index (χ2v) is 5.47. The van der Waals surface area contributed by atoms with E-state index in [0.29, 0.717) is 5.82 Å². The van der Waals surface area contributed by atoms with Crippen LogP contribution in [0.3, 0.4) is 0 Å². The fourth-order valence-corrected chi connectivity index (χ4v) is 2.19. The summed E-state index contributed by atoms with van der Waals surface area (Å²) in [5.74, 6) is 0.551. The topological polar surface area (TPSA) is 49.6 Å². The third-order valence-corrected chi connectivity index (χ3v) is 3.43. The molecule has 3 nitrogen and oxygen atoms in total. The van der Waals surface area contributed by atoms with E-state index in [4.69, 9.17) is 0 Å². The van der Waals surface area contributed by atoms with Crippen molar-refractivity contribution < 1.29 is 0 Å². The average Bonchev–Trinajstić information content (AvgIpc) is 2.42. The zero-order chi connectivity index (χ0) is 14.7. The molecule has 0 radical (unpaired) electrons. The van der Waals surface area contributed by atoms with E-state index in [1.165, 1.54) is 11.1 Å². The Morgan fingerprint density at radius 3 is 2.55 bits per heavy atom. The standard InChI is InChI=1S/C17H19N3/c1-11(2)15(10-18)17-19-8-7-16(20-17)14-9-12(3)5-6-13(14)4/h5-9,11,15H,1-4H3. The summed E-state index contributed by atoms with van der Waals surface area (Å²) < 4.78 is 0. The number of nitrogens with zero attached hydrogens (tertiary/aromatic N) is 3. The molecular weight excluding hydrogens is 246 g/mol. The van der Waals surface area contributed by atoms with Crippen molar-refractivity contribution in [2.24, 2.45) is 5.92 Å². The second-order valence-electron chi connectivity index (χ2n) is 5.47. The summed E-state index contributed by atoms with van der Waals surface area (Å²) in [7, 11) is 0. The van der Waals surface area contributed by atoms with Crippen LogP contribution in [0, 0.1) is 31.1 Å². The monoisotopic (exact) mass is 265 g/mol. The Labute approximate surface area is 120 Å². The van der Waals surface area contributed by atoms with Gasteiger partial charge in [-0.15, -0.1) is 0 Å². The molecule has 20 heavy (non-hydrogen) atoms. The number of rotatable bonds is 3. The van der Waals surface area contributed by atoms with Crippen molar-refractivity contribution in [1.82, 2.24) is 9.97 Å². The highest BCUT2D eigenvalue weighted by molar-refractivity contribution is 5.64. The number of nitriles is 1. The van der Waals surface area contributed by atoms with Crippen molar-refractivity contribution in [2.45, 2.75) is 33.6 Å². The van der Waals surface area contributed by atoms with Gasteiger partial charge in [0.1, 0.15) is 11.7 Å². The first-order valence-electron chi connectivity index (χ1n) is 6.83. The molecule has 0 spiro atoms. The van der Waals surface area contributed by atoms with Gasteiger partial charge in [-0.25, -0.2) is 9.97 Å². The fourth-order valence-electron chi connectivity index (χ4n) is 2.19. The van der Waals surface area contributed by atoms with Crippen LogP contribution in [0.4, 0.5) is 0 Å². The number of benzene rings is 1. The van der Waals surface area contributed by atoms with E-state index in [1.54, 1.807) is 6.20 Å². The van der Waals surface area contributed by atoms with Gasteiger partial charge in [-0.2, -0.15) is 5.26 Å². The molecule has 1 heterocycles. The molecule has 1 aromatic carbocycles. The largest absolute Gasteiger partial charge is 0.240 e. The summed E-state index contributed by atoms with van der Waals surface area (Å²) in [4.78, 5) is 8.88. The van der Waals surface area contributed by atoms with Crippen LogP contribution in [-0.2, 0) is 0 Å². The molecule has 2 aromatic rings. The summed E-state index contributed by atoms with van der Waals surface area (Å²) in [6.07, 6.45) is 1.74. The Bertz CT molecular complexity index is 654. The highest BCUT2D eigenvalue weighted by Crippen LogP contribution is 2.25. The summed E-state index contributed by atoms with van der Waals surface area (Å²) in [5, 5.41) is 9.28. The van der Waals surface area contributed by atoms with Gasteiger partial charge in [0, 0.05) is 11.8 Å². The lowest BCUT2D eigenvalue weighted by Crippen LogP contribution is -2.09. The summed E-state index contributed by atoms with van der Waals surface area (Å²) in [6, 6.07) is 10.5. The summed E-state index contributed by atoms with van der Waals surface area (Å²) in [5.41, 5.74) is 4.37. The van der Waals surface area contributed by atoms with Crippen molar-refractivity contribution >= 4 is 0 Å². The predicted octanol–water partition coefficient (Wildman–Crippen LogP) is 4.02. The normalized spacial score (nSPS) is 12.2. The molecule has 2 rings (SSSR count). The van der Waals surface area contributed by atoms with Crippen molar-refractivity contribution in [2.75, 3.05) is 0 Å². The van der Waals surface area contributed by atoms with Crippen LogP contribution in [-0.4, -0.2) is 9.97 Å². The van der Waals surface area contributed by atoms with E-state index in [1.807, 2.05) is 19.9 Å². The Hall–Kier alpha value is -2.21. The number of aryl methyl sites for hydroxylation is 2. The van der Waals surface area contributed by atoms with Crippen molar-refractivity contribution in [3.63, 3.8) is 0 Å². The number of hydrogen-bond acceptors (Lipinski definition) is 3. The highest BCUT2D eigenvalue weighted by Gasteiger charge is 2.18. The van der Waals surface area contributed by atoms with Crippen LogP contribution in [0.2, 0.25) is 0 Å². The quantitative estimate of drug-likeness (QED) is 0.842. The van der Waals surface area contributed by atoms with Crippen molar-refractivity contribution in [3.05, 3.63) is 47.4 Å². The Balaban J connectivity index is 2.50. The lowest BCUT2D eigenvalue weighted by Gasteiger charge is -2.13. The van der Waals surface area contributed by atoms with Crippen LogP contribution in [0.15, 0.2) is 30.5 Å². The molecule has 1 aromatic heterocycles.